The van der Waals surface area contributed by atoms with E-state index in [1.807, 2.05) is 36.5 Å². The third-order valence-corrected chi connectivity index (χ3v) is 13.5. The highest BCUT2D eigenvalue weighted by molar-refractivity contribution is 6.07. The van der Waals surface area contributed by atoms with E-state index in [9.17, 15) is 5.11 Å². The van der Waals surface area contributed by atoms with Crippen molar-refractivity contribution in [1.82, 2.24) is 14.5 Å². The average molecular weight is 870 g/mol. The van der Waals surface area contributed by atoms with Gasteiger partial charge in [-0.25, -0.2) is 4.98 Å². The van der Waals surface area contributed by atoms with Gasteiger partial charge >= 0.3 is 0 Å². The zero-order valence-electron chi connectivity index (χ0n) is 38.7. The quantitative estimate of drug-likeness (QED) is 0.165. The van der Waals surface area contributed by atoms with Crippen LogP contribution in [0.3, 0.4) is 0 Å². The van der Waals surface area contributed by atoms with Crippen molar-refractivity contribution in [2.45, 2.75) is 52.4 Å². The highest BCUT2D eigenvalue weighted by Crippen LogP contribution is 2.44. The van der Waals surface area contributed by atoms with Crippen molar-refractivity contribution in [2.75, 3.05) is 0 Å². The number of imidazole rings is 1. The Labute approximate surface area is 391 Å². The molecule has 3 heterocycles. The van der Waals surface area contributed by atoms with E-state index in [0.29, 0.717) is 17.0 Å². The maximum absolute atomic E-state index is 12.0. The lowest BCUT2D eigenvalue weighted by atomic mass is 9.78. The lowest BCUT2D eigenvalue weighted by Gasteiger charge is -2.26. The van der Waals surface area contributed by atoms with Crippen molar-refractivity contribution in [3.8, 4) is 67.5 Å². The molecule has 0 atom stereocenters. The highest BCUT2D eigenvalue weighted by Gasteiger charge is 2.26. The van der Waals surface area contributed by atoms with Crippen molar-refractivity contribution in [1.29, 1.82) is 0 Å². The molecule has 3 aromatic heterocycles. The number of furan rings is 1. The molecule has 0 aliphatic heterocycles. The molecule has 1 N–H and O–H groups in total. The van der Waals surface area contributed by atoms with Crippen LogP contribution in [0.4, 0.5) is 0 Å². The molecule has 0 saturated carbocycles. The number of aryl methyl sites for hydroxylation is 1. The molecule has 11 aromatic rings. The number of phenolic OH excluding ortho intramolecular Hbond substituents is 1. The van der Waals surface area contributed by atoms with E-state index in [1.165, 1.54) is 16.7 Å². The predicted octanol–water partition coefficient (Wildman–Crippen LogP) is 16.3. The van der Waals surface area contributed by atoms with Crippen LogP contribution in [0.15, 0.2) is 199 Å². The standard InChI is InChI=1S/C62H51N3O2/c1-39-24-29-54(50(32-39)41-16-9-7-10-17-41)65-55-22-15-21-48(59(55)64-60(65)52-37-51-49-20-13-14-23-57(49)67-58(51)38-56(52)66)43-33-44(35-47(34-43)61(2,3)4)53-36-42(30-31-63-53)40-25-27-46(28-26-40)62(5,6)45-18-11-8-12-19-45/h7-38,66H,1-6H3. The number of aromatic nitrogens is 3. The molecule has 0 aliphatic carbocycles. The van der Waals surface area contributed by atoms with Crippen LogP contribution in [0.2, 0.25) is 0 Å². The molecule has 67 heavy (non-hydrogen) atoms. The van der Waals surface area contributed by atoms with Crippen LogP contribution < -0.4 is 0 Å². The smallest absolute Gasteiger partial charge is 0.149 e. The normalized spacial score (nSPS) is 12.1. The summed E-state index contributed by atoms with van der Waals surface area (Å²) in [4.78, 5) is 10.6. The van der Waals surface area contributed by atoms with E-state index in [2.05, 4.69) is 198 Å². The molecule has 11 rings (SSSR count). The molecule has 0 bridgehead atoms. The molecular weight excluding hydrogens is 819 g/mol. The van der Waals surface area contributed by atoms with Crippen molar-refractivity contribution in [3.05, 3.63) is 217 Å². The van der Waals surface area contributed by atoms with Gasteiger partial charge in [0.1, 0.15) is 22.7 Å². The molecule has 5 nitrogen and oxygen atoms in total. The summed E-state index contributed by atoms with van der Waals surface area (Å²) in [6.45, 7) is 13.5. The van der Waals surface area contributed by atoms with Crippen LogP contribution in [0.5, 0.6) is 5.75 Å². The minimum atomic E-state index is -0.163. The van der Waals surface area contributed by atoms with E-state index in [-0.39, 0.29) is 16.6 Å². The summed E-state index contributed by atoms with van der Waals surface area (Å²) in [5.74, 6) is 0.725. The number of benzene rings is 8. The van der Waals surface area contributed by atoms with Crippen molar-refractivity contribution < 1.29 is 9.52 Å². The van der Waals surface area contributed by atoms with E-state index in [1.54, 1.807) is 6.07 Å². The minimum Gasteiger partial charge on any atom is -0.507 e. The number of aromatic hydroxyl groups is 1. The number of fused-ring (bicyclic) bond motifs is 4. The van der Waals surface area contributed by atoms with Crippen LogP contribution in [0, 0.1) is 6.92 Å². The van der Waals surface area contributed by atoms with Gasteiger partial charge in [0, 0.05) is 45.1 Å². The zero-order chi connectivity index (χ0) is 46.0. The number of rotatable bonds is 8. The fourth-order valence-electron chi connectivity index (χ4n) is 9.62. The third-order valence-electron chi connectivity index (χ3n) is 13.5. The highest BCUT2D eigenvalue weighted by atomic mass is 16.3. The Morgan fingerprint density at radius 1 is 0.493 bits per heavy atom. The largest absolute Gasteiger partial charge is 0.507 e. The Hall–Kier alpha value is -8.02. The van der Waals surface area contributed by atoms with E-state index < -0.39 is 0 Å². The molecule has 0 aliphatic rings. The second kappa shape index (κ2) is 16.1. The van der Waals surface area contributed by atoms with Crippen molar-refractivity contribution in [3.63, 3.8) is 0 Å². The number of phenols is 1. The maximum atomic E-state index is 12.0. The lowest BCUT2D eigenvalue weighted by Crippen LogP contribution is -2.18. The topological polar surface area (TPSA) is 64.1 Å². The Kier molecular flexibility index (Phi) is 10.0. The van der Waals surface area contributed by atoms with Gasteiger partial charge in [0.05, 0.1) is 28.0 Å². The average Bonchev–Trinajstić information content (AvgIpc) is 3.92. The fourth-order valence-corrected chi connectivity index (χ4v) is 9.62. The summed E-state index contributed by atoms with van der Waals surface area (Å²) < 4.78 is 8.44. The summed E-state index contributed by atoms with van der Waals surface area (Å²) in [5, 5.41) is 13.9. The number of hydrogen-bond donors (Lipinski definition) is 1. The summed E-state index contributed by atoms with van der Waals surface area (Å²) in [6, 6.07) is 66.0. The summed E-state index contributed by atoms with van der Waals surface area (Å²) in [5.41, 5.74) is 17.7. The third kappa shape index (κ3) is 7.47. The van der Waals surface area contributed by atoms with Gasteiger partial charge in [-0.3, -0.25) is 9.55 Å². The Morgan fingerprint density at radius 3 is 1.99 bits per heavy atom. The Bertz CT molecular complexity index is 3650. The molecule has 5 heteroatoms. The van der Waals surface area contributed by atoms with Gasteiger partial charge in [0.15, 0.2) is 0 Å². The maximum Gasteiger partial charge on any atom is 0.149 e. The molecular formula is C62H51N3O2. The number of nitrogens with zero attached hydrogens (tertiary/aromatic N) is 3. The minimum absolute atomic E-state index is 0.0931. The first kappa shape index (κ1) is 41.7. The van der Waals surface area contributed by atoms with Gasteiger partial charge < -0.3 is 9.52 Å². The molecule has 0 saturated heterocycles. The Balaban J connectivity index is 1.09. The first-order valence-electron chi connectivity index (χ1n) is 23.0. The van der Waals surface area contributed by atoms with Crippen LogP contribution in [0.25, 0.3) is 94.7 Å². The van der Waals surface area contributed by atoms with Gasteiger partial charge in [0.2, 0.25) is 0 Å². The molecule has 8 aromatic carbocycles. The Morgan fingerprint density at radius 2 is 1.21 bits per heavy atom. The van der Waals surface area contributed by atoms with Gasteiger partial charge in [0.25, 0.3) is 0 Å². The zero-order valence-corrected chi connectivity index (χ0v) is 38.7. The van der Waals surface area contributed by atoms with E-state index >= 15 is 0 Å². The first-order chi connectivity index (χ1) is 32.4. The van der Waals surface area contributed by atoms with Gasteiger partial charge in [-0.05, 0) is 106 Å². The molecule has 0 amide bonds. The number of para-hydroxylation sites is 2. The summed E-state index contributed by atoms with van der Waals surface area (Å²) in [7, 11) is 0. The van der Waals surface area contributed by atoms with Crippen LogP contribution in [-0.2, 0) is 10.8 Å². The lowest BCUT2D eigenvalue weighted by molar-refractivity contribution is 0.476. The molecule has 0 unspecified atom stereocenters. The first-order valence-corrected chi connectivity index (χ1v) is 23.0. The fraction of sp³-hybridized carbons (Fsp3) is 0.129. The number of pyridine rings is 1. The molecule has 326 valence electrons. The summed E-state index contributed by atoms with van der Waals surface area (Å²) in [6.07, 6.45) is 1.92. The van der Waals surface area contributed by atoms with Gasteiger partial charge in [-0.1, -0.05) is 168 Å². The van der Waals surface area contributed by atoms with Crippen molar-refractivity contribution in [2.24, 2.45) is 0 Å². The van der Waals surface area contributed by atoms with Gasteiger partial charge in [-0.15, -0.1) is 0 Å². The van der Waals surface area contributed by atoms with E-state index in [0.717, 1.165) is 83.3 Å². The van der Waals surface area contributed by atoms with Crippen LogP contribution in [-0.4, -0.2) is 19.6 Å². The van der Waals surface area contributed by atoms with Crippen molar-refractivity contribution >= 4 is 33.0 Å². The predicted molar refractivity (Wildman–Crippen MR) is 277 cm³/mol. The SMILES string of the molecule is Cc1ccc(-n2c(-c3cc4c(cc3O)oc3ccccc34)nc3c(-c4cc(-c5cc(-c6ccc(C(C)(C)c7ccccc7)cc6)ccn5)cc(C(C)(C)C)c4)cccc32)c(-c2ccccc2)c1. The van der Waals surface area contributed by atoms with Crippen LogP contribution >= 0.6 is 0 Å². The molecule has 0 spiro atoms. The number of hydrogen-bond acceptors (Lipinski definition) is 4. The second-order valence-electron chi connectivity index (χ2n) is 19.3. The van der Waals surface area contributed by atoms with E-state index in [4.69, 9.17) is 14.4 Å². The monoisotopic (exact) mass is 869 g/mol. The second-order valence-corrected chi connectivity index (χ2v) is 19.3. The molecule has 0 radical (unpaired) electrons. The summed E-state index contributed by atoms with van der Waals surface area (Å²) >= 11 is 0. The molecule has 0 fully saturated rings. The van der Waals surface area contributed by atoms with Gasteiger partial charge in [-0.2, -0.15) is 0 Å². The van der Waals surface area contributed by atoms with Crippen LogP contribution in [0.1, 0.15) is 56.9 Å².